The minimum Gasteiger partial charge on any atom is -0.478 e. The van der Waals surface area contributed by atoms with E-state index in [9.17, 15) is 19.2 Å². The lowest BCUT2D eigenvalue weighted by molar-refractivity contribution is -0.139. The largest absolute Gasteiger partial charge is 0.478 e. The lowest BCUT2D eigenvalue weighted by Crippen LogP contribution is -2.08. The predicted molar refractivity (Wildman–Crippen MR) is 153 cm³/mol. The number of carbonyl (C=O) groups is 4. The molecule has 0 unspecified atom stereocenters. The summed E-state index contributed by atoms with van der Waals surface area (Å²) < 4.78 is 13.4. The van der Waals surface area contributed by atoms with Crippen molar-refractivity contribution in [3.63, 3.8) is 0 Å². The third kappa shape index (κ3) is 36.8. The Morgan fingerprint density at radius 3 is 1.38 bits per heavy atom. The molecule has 0 atom stereocenters. The molecular formula is C29H48O8. The number of aliphatic carboxylic acids is 1. The van der Waals surface area contributed by atoms with Crippen molar-refractivity contribution in [1.29, 1.82) is 0 Å². The van der Waals surface area contributed by atoms with Gasteiger partial charge in [0.05, 0.1) is 20.8 Å². The zero-order valence-corrected chi connectivity index (χ0v) is 20.9. The molecule has 212 valence electrons. The van der Waals surface area contributed by atoms with Crippen LogP contribution in [0.15, 0.2) is 84.6 Å². The minimum atomic E-state index is -0.928. The summed E-state index contributed by atoms with van der Waals surface area (Å²) in [6.45, 7) is 18.1. The number of esters is 3. The molecule has 0 spiro atoms. The standard InChI is InChI=1S/2C7H10O2.2C6H8O2.3CH4/c2*1-4-6(2)5-7(8)9-3;1-5-2-3-8-6(7)4-5;1-3-5(2)4-6(7)8;;;/h2*4-5H,1H2,2-3H3;4H,2-3H2,1H3;3-4H,1H2,2H3,(H,7,8);3*1H4/b2*6-5-;;5-4-;;;. The summed E-state index contributed by atoms with van der Waals surface area (Å²) in [6.07, 6.45) is 11.0. The number of cyclic esters (lactones) is 1. The van der Waals surface area contributed by atoms with Gasteiger partial charge in [-0.25, -0.2) is 19.2 Å². The zero-order chi connectivity index (χ0) is 27.1. The second-order valence-corrected chi connectivity index (χ2v) is 6.57. The number of allylic oxidation sites excluding steroid dienone is 6. The zero-order valence-electron chi connectivity index (χ0n) is 20.9. The van der Waals surface area contributed by atoms with E-state index in [-0.39, 0.29) is 40.2 Å². The Labute approximate surface area is 224 Å². The van der Waals surface area contributed by atoms with Gasteiger partial charge in [-0.2, -0.15) is 0 Å². The van der Waals surface area contributed by atoms with Crippen LogP contribution >= 0.6 is 0 Å². The monoisotopic (exact) mass is 524 g/mol. The number of methoxy groups -OCH3 is 2. The van der Waals surface area contributed by atoms with E-state index in [0.29, 0.717) is 12.2 Å². The highest BCUT2D eigenvalue weighted by Gasteiger charge is 2.04. The second kappa shape index (κ2) is 30.1. The Bertz CT molecular complexity index is 804. The van der Waals surface area contributed by atoms with Gasteiger partial charge in [0.2, 0.25) is 0 Å². The summed E-state index contributed by atoms with van der Waals surface area (Å²) in [5.74, 6) is -1.81. The second-order valence-electron chi connectivity index (χ2n) is 6.57. The van der Waals surface area contributed by atoms with Crippen LogP contribution in [-0.2, 0) is 33.4 Å². The average Bonchev–Trinajstić information content (AvgIpc) is 2.79. The quantitative estimate of drug-likeness (QED) is 0.179. The van der Waals surface area contributed by atoms with E-state index in [2.05, 4.69) is 33.9 Å². The molecule has 0 fully saturated rings. The maximum atomic E-state index is 10.4. The van der Waals surface area contributed by atoms with Gasteiger partial charge in [0.15, 0.2) is 0 Å². The summed E-state index contributed by atoms with van der Waals surface area (Å²) in [4.78, 5) is 41.1. The van der Waals surface area contributed by atoms with E-state index in [1.165, 1.54) is 38.5 Å². The molecule has 1 N–H and O–H groups in total. The van der Waals surface area contributed by atoms with Crippen molar-refractivity contribution in [2.45, 2.75) is 56.4 Å². The van der Waals surface area contributed by atoms with Crippen molar-refractivity contribution in [1.82, 2.24) is 0 Å². The third-order valence-electron chi connectivity index (χ3n) is 3.52. The van der Waals surface area contributed by atoms with E-state index in [1.54, 1.807) is 32.9 Å². The van der Waals surface area contributed by atoms with E-state index in [4.69, 9.17) is 5.11 Å². The first-order valence-electron chi connectivity index (χ1n) is 10.0. The molecule has 0 saturated heterocycles. The SMILES string of the molecule is C.C.C.C=C/C(C)=C\C(=O)O.C=C/C(C)=C\C(=O)OC.C=C/C(C)=C\C(=O)OC.CC1=CC(=O)OCC1. The number of carboxylic acid groups (broad SMARTS) is 1. The molecule has 0 amide bonds. The lowest BCUT2D eigenvalue weighted by Gasteiger charge is -2.07. The van der Waals surface area contributed by atoms with Crippen LogP contribution < -0.4 is 0 Å². The third-order valence-corrected chi connectivity index (χ3v) is 3.52. The normalized spacial score (nSPS) is 11.8. The highest BCUT2D eigenvalue weighted by Crippen LogP contribution is 2.05. The van der Waals surface area contributed by atoms with E-state index >= 15 is 0 Å². The minimum absolute atomic E-state index is 0. The Hall–Kier alpha value is -3.94. The van der Waals surface area contributed by atoms with Gasteiger partial charge >= 0.3 is 23.9 Å². The van der Waals surface area contributed by atoms with Crippen molar-refractivity contribution in [2.75, 3.05) is 20.8 Å². The fraction of sp³-hybridized carbons (Fsp3) is 0.379. The topological polar surface area (TPSA) is 116 Å². The van der Waals surface area contributed by atoms with Gasteiger partial charge in [0, 0.05) is 30.7 Å². The van der Waals surface area contributed by atoms with Crippen molar-refractivity contribution in [3.8, 4) is 0 Å². The number of hydrogen-bond acceptors (Lipinski definition) is 7. The molecule has 0 bridgehead atoms. The van der Waals surface area contributed by atoms with Gasteiger partial charge in [0.1, 0.15) is 0 Å². The molecule has 37 heavy (non-hydrogen) atoms. The molecule has 0 aromatic rings. The average molecular weight is 525 g/mol. The summed E-state index contributed by atoms with van der Waals surface area (Å²) in [5, 5.41) is 8.09. The van der Waals surface area contributed by atoms with Crippen LogP contribution in [-0.4, -0.2) is 49.8 Å². The van der Waals surface area contributed by atoms with Crippen molar-refractivity contribution >= 4 is 23.9 Å². The first kappa shape index (κ1) is 46.4. The van der Waals surface area contributed by atoms with Gasteiger partial charge in [-0.15, -0.1) is 0 Å². The van der Waals surface area contributed by atoms with Gasteiger partial charge in [-0.3, -0.25) is 0 Å². The summed E-state index contributed by atoms with van der Waals surface area (Å²) in [5.41, 5.74) is 3.39. The highest BCUT2D eigenvalue weighted by atomic mass is 16.5. The number of carbonyl (C=O) groups excluding carboxylic acids is 3. The summed E-state index contributed by atoms with van der Waals surface area (Å²) in [7, 11) is 2.68. The molecule has 1 aliphatic heterocycles. The highest BCUT2D eigenvalue weighted by molar-refractivity contribution is 5.84. The fourth-order valence-electron chi connectivity index (χ4n) is 1.49. The van der Waals surface area contributed by atoms with Crippen molar-refractivity contribution in [2.24, 2.45) is 0 Å². The molecule has 0 saturated carbocycles. The van der Waals surface area contributed by atoms with E-state index < -0.39 is 5.97 Å². The molecule has 0 aromatic heterocycles. The van der Waals surface area contributed by atoms with Crippen molar-refractivity contribution in [3.05, 3.63) is 84.6 Å². The van der Waals surface area contributed by atoms with Gasteiger partial charge in [-0.05, 0) is 44.4 Å². The van der Waals surface area contributed by atoms with Gasteiger partial charge < -0.3 is 19.3 Å². The van der Waals surface area contributed by atoms with Crippen LogP contribution in [0.3, 0.4) is 0 Å². The summed E-state index contributed by atoms with van der Waals surface area (Å²) in [6, 6.07) is 0. The van der Waals surface area contributed by atoms with Crippen LogP contribution in [0.2, 0.25) is 0 Å². The molecule has 0 aliphatic carbocycles. The smallest absolute Gasteiger partial charge is 0.330 e. The lowest BCUT2D eigenvalue weighted by atomic mass is 10.2. The van der Waals surface area contributed by atoms with E-state index in [0.717, 1.165) is 29.2 Å². The molecule has 1 heterocycles. The van der Waals surface area contributed by atoms with Crippen LogP contribution in [0.25, 0.3) is 0 Å². The first-order valence-corrected chi connectivity index (χ1v) is 10.0. The van der Waals surface area contributed by atoms with E-state index in [1.807, 2.05) is 6.92 Å². The van der Waals surface area contributed by atoms with Crippen LogP contribution in [0.5, 0.6) is 0 Å². The summed E-state index contributed by atoms with van der Waals surface area (Å²) >= 11 is 0. The number of ether oxygens (including phenoxy) is 3. The van der Waals surface area contributed by atoms with Crippen LogP contribution in [0.1, 0.15) is 56.4 Å². The number of hydrogen-bond donors (Lipinski definition) is 1. The molecule has 8 nitrogen and oxygen atoms in total. The molecule has 0 aromatic carbocycles. The Morgan fingerprint density at radius 2 is 1.19 bits per heavy atom. The molecule has 0 radical (unpaired) electrons. The Kier molecular flexibility index (Phi) is 37.7. The number of rotatable bonds is 6. The molecular weight excluding hydrogens is 476 g/mol. The number of carboxylic acids is 1. The van der Waals surface area contributed by atoms with Crippen LogP contribution in [0, 0.1) is 0 Å². The first-order chi connectivity index (χ1) is 15.9. The van der Waals surface area contributed by atoms with Crippen molar-refractivity contribution < 1.29 is 38.5 Å². The van der Waals surface area contributed by atoms with Gasteiger partial charge in [0.25, 0.3) is 0 Å². The van der Waals surface area contributed by atoms with Crippen LogP contribution in [0.4, 0.5) is 0 Å². The fourth-order valence-corrected chi connectivity index (χ4v) is 1.49. The Morgan fingerprint density at radius 1 is 0.838 bits per heavy atom. The Balaban J connectivity index is -0.0000000844. The molecule has 1 rings (SSSR count). The predicted octanol–water partition coefficient (Wildman–Crippen LogP) is 6.57. The maximum absolute atomic E-state index is 10.4. The maximum Gasteiger partial charge on any atom is 0.330 e. The molecule has 8 heteroatoms. The molecule has 1 aliphatic rings. The van der Waals surface area contributed by atoms with Gasteiger partial charge in [-0.1, -0.05) is 65.8 Å².